The maximum absolute atomic E-state index is 12.5. The smallest absolute Gasteiger partial charge is 0.339 e. The number of benzene rings is 2. The first-order valence-electron chi connectivity index (χ1n) is 9.85. The van der Waals surface area contributed by atoms with Crippen LogP contribution in [0.25, 0.3) is 5.69 Å². The zero-order valence-electron chi connectivity index (χ0n) is 18.3. The van der Waals surface area contributed by atoms with E-state index in [4.69, 9.17) is 4.74 Å². The number of nitrogens with zero attached hydrogens (tertiary/aromatic N) is 2. The minimum Gasteiger partial charge on any atom is -0.452 e. The van der Waals surface area contributed by atoms with Crippen molar-refractivity contribution in [2.24, 2.45) is 0 Å². The molecule has 6 heteroatoms. The van der Waals surface area contributed by atoms with Gasteiger partial charge < -0.3 is 10.1 Å². The van der Waals surface area contributed by atoms with Gasteiger partial charge >= 0.3 is 5.97 Å². The van der Waals surface area contributed by atoms with Gasteiger partial charge in [-0.25, -0.2) is 9.48 Å². The summed E-state index contributed by atoms with van der Waals surface area (Å²) in [6, 6.07) is 11.8. The molecule has 1 N–H and O–H groups in total. The number of aromatic nitrogens is 2. The lowest BCUT2D eigenvalue weighted by Crippen LogP contribution is -2.22. The summed E-state index contributed by atoms with van der Waals surface area (Å²) < 4.78 is 7.06. The van der Waals surface area contributed by atoms with Crippen molar-refractivity contribution in [3.8, 4) is 5.69 Å². The summed E-state index contributed by atoms with van der Waals surface area (Å²) in [6.07, 6.45) is 0. The van der Waals surface area contributed by atoms with Crippen molar-refractivity contribution in [2.45, 2.75) is 41.5 Å². The predicted octanol–water partition coefficient (Wildman–Crippen LogP) is 4.52. The van der Waals surface area contributed by atoms with Crippen LogP contribution in [0.5, 0.6) is 0 Å². The van der Waals surface area contributed by atoms with E-state index >= 15 is 0 Å². The number of anilines is 1. The summed E-state index contributed by atoms with van der Waals surface area (Å²) in [4.78, 5) is 24.9. The molecule has 0 fully saturated rings. The first-order chi connectivity index (χ1) is 14.2. The molecule has 0 aliphatic heterocycles. The van der Waals surface area contributed by atoms with Crippen molar-refractivity contribution in [3.05, 3.63) is 75.6 Å². The number of aryl methyl sites for hydroxylation is 5. The van der Waals surface area contributed by atoms with Gasteiger partial charge in [0.05, 0.1) is 28.3 Å². The van der Waals surface area contributed by atoms with E-state index < -0.39 is 11.9 Å². The van der Waals surface area contributed by atoms with Crippen LogP contribution in [0.4, 0.5) is 5.69 Å². The van der Waals surface area contributed by atoms with Crippen LogP contribution in [0, 0.1) is 41.5 Å². The molecule has 0 atom stereocenters. The molecule has 1 heterocycles. The number of hydrogen-bond donors (Lipinski definition) is 1. The molecular formula is C24H27N3O3. The molecule has 1 amide bonds. The standard InChI is InChI=1S/C24H27N3O3/c1-14-7-9-20(10-8-14)27-19(6)23(18(5)26-27)25-21(28)13-30-24(29)22-16(3)11-15(2)12-17(22)4/h7-12H,13H2,1-6H3,(H,25,28). The second-order valence-corrected chi connectivity index (χ2v) is 7.69. The molecule has 0 spiro atoms. The molecule has 0 saturated heterocycles. The topological polar surface area (TPSA) is 73.2 Å². The van der Waals surface area contributed by atoms with Crippen LogP contribution < -0.4 is 5.32 Å². The normalized spacial score (nSPS) is 10.7. The third kappa shape index (κ3) is 4.43. The molecular weight excluding hydrogens is 378 g/mol. The molecule has 0 aliphatic rings. The van der Waals surface area contributed by atoms with Gasteiger partial charge in [-0.3, -0.25) is 4.79 Å². The summed E-state index contributed by atoms with van der Waals surface area (Å²) >= 11 is 0. The van der Waals surface area contributed by atoms with Crippen LogP contribution in [0.3, 0.4) is 0 Å². The van der Waals surface area contributed by atoms with E-state index in [-0.39, 0.29) is 6.61 Å². The molecule has 0 unspecified atom stereocenters. The largest absolute Gasteiger partial charge is 0.452 e. The number of ether oxygens (including phenoxy) is 1. The Balaban J connectivity index is 1.70. The second-order valence-electron chi connectivity index (χ2n) is 7.69. The fraction of sp³-hybridized carbons (Fsp3) is 0.292. The number of nitrogens with one attached hydrogen (secondary N) is 1. The molecule has 1 aromatic heterocycles. The van der Waals surface area contributed by atoms with Crippen LogP contribution in [0.1, 0.15) is 44.0 Å². The van der Waals surface area contributed by atoms with E-state index in [9.17, 15) is 9.59 Å². The molecule has 0 aliphatic carbocycles. The number of esters is 1. The Morgan fingerprint density at radius 1 is 0.933 bits per heavy atom. The molecule has 2 aromatic carbocycles. The van der Waals surface area contributed by atoms with Crippen molar-refractivity contribution in [3.63, 3.8) is 0 Å². The summed E-state index contributed by atoms with van der Waals surface area (Å²) in [5, 5.41) is 7.36. The lowest BCUT2D eigenvalue weighted by molar-refractivity contribution is -0.119. The fourth-order valence-corrected chi connectivity index (χ4v) is 3.64. The molecule has 0 saturated carbocycles. The van der Waals surface area contributed by atoms with Gasteiger partial charge in [0.1, 0.15) is 0 Å². The Morgan fingerprint density at radius 3 is 2.13 bits per heavy atom. The maximum atomic E-state index is 12.5. The van der Waals surface area contributed by atoms with E-state index in [2.05, 4.69) is 10.4 Å². The molecule has 3 rings (SSSR count). The minimum absolute atomic E-state index is 0.361. The van der Waals surface area contributed by atoms with Crippen molar-refractivity contribution in [1.82, 2.24) is 9.78 Å². The predicted molar refractivity (Wildman–Crippen MR) is 117 cm³/mol. The third-order valence-corrected chi connectivity index (χ3v) is 5.05. The Hall–Kier alpha value is -3.41. The second kappa shape index (κ2) is 8.53. The first-order valence-corrected chi connectivity index (χ1v) is 9.85. The number of amides is 1. The summed E-state index contributed by atoms with van der Waals surface area (Å²) in [7, 11) is 0. The SMILES string of the molecule is Cc1ccc(-n2nc(C)c(NC(=O)COC(=O)c3c(C)cc(C)cc3C)c2C)cc1. The van der Waals surface area contributed by atoms with Gasteiger partial charge in [0.15, 0.2) is 6.61 Å². The Bertz CT molecular complexity index is 1090. The van der Waals surface area contributed by atoms with Crippen molar-refractivity contribution < 1.29 is 14.3 Å². The molecule has 30 heavy (non-hydrogen) atoms. The van der Waals surface area contributed by atoms with Gasteiger partial charge in [0, 0.05) is 0 Å². The number of rotatable bonds is 5. The maximum Gasteiger partial charge on any atom is 0.339 e. The highest BCUT2D eigenvalue weighted by Gasteiger charge is 2.18. The van der Waals surface area contributed by atoms with Gasteiger partial charge in [-0.15, -0.1) is 0 Å². The van der Waals surface area contributed by atoms with Crippen molar-refractivity contribution in [2.75, 3.05) is 11.9 Å². The Morgan fingerprint density at radius 2 is 1.53 bits per heavy atom. The van der Waals surface area contributed by atoms with Gasteiger partial charge in [-0.2, -0.15) is 5.10 Å². The lowest BCUT2D eigenvalue weighted by Gasteiger charge is -2.11. The van der Waals surface area contributed by atoms with Gasteiger partial charge in [-0.1, -0.05) is 35.4 Å². The fourth-order valence-electron chi connectivity index (χ4n) is 3.64. The molecule has 0 radical (unpaired) electrons. The average Bonchev–Trinajstić information content (AvgIpc) is 2.94. The molecule has 6 nitrogen and oxygen atoms in total. The lowest BCUT2D eigenvalue weighted by atomic mass is 10.00. The monoisotopic (exact) mass is 405 g/mol. The molecule has 0 bridgehead atoms. The van der Waals surface area contributed by atoms with Crippen LogP contribution >= 0.6 is 0 Å². The van der Waals surface area contributed by atoms with Crippen molar-refractivity contribution >= 4 is 17.6 Å². The van der Waals surface area contributed by atoms with Crippen LogP contribution in [-0.4, -0.2) is 28.3 Å². The van der Waals surface area contributed by atoms with Gasteiger partial charge in [0.2, 0.25) is 0 Å². The van der Waals surface area contributed by atoms with E-state index in [0.717, 1.165) is 33.6 Å². The highest BCUT2D eigenvalue weighted by molar-refractivity contribution is 5.97. The van der Waals surface area contributed by atoms with E-state index in [0.29, 0.717) is 16.9 Å². The minimum atomic E-state index is -0.496. The quantitative estimate of drug-likeness (QED) is 0.634. The number of hydrogen-bond acceptors (Lipinski definition) is 4. The van der Waals surface area contributed by atoms with E-state index in [1.165, 1.54) is 0 Å². The zero-order valence-corrected chi connectivity index (χ0v) is 18.3. The Kier molecular flexibility index (Phi) is 6.06. The zero-order chi connectivity index (χ0) is 22.0. The first kappa shape index (κ1) is 21.3. The van der Waals surface area contributed by atoms with Gasteiger partial charge in [-0.05, 0) is 64.8 Å². The van der Waals surface area contributed by atoms with Crippen molar-refractivity contribution in [1.29, 1.82) is 0 Å². The average molecular weight is 405 g/mol. The molecule has 156 valence electrons. The molecule has 3 aromatic rings. The summed E-state index contributed by atoms with van der Waals surface area (Å²) in [6.45, 7) is 11.1. The van der Waals surface area contributed by atoms with Crippen LogP contribution in [0.15, 0.2) is 36.4 Å². The summed E-state index contributed by atoms with van der Waals surface area (Å²) in [5.74, 6) is -0.899. The highest BCUT2D eigenvalue weighted by Crippen LogP contribution is 2.23. The summed E-state index contributed by atoms with van der Waals surface area (Å²) in [5.41, 5.74) is 7.46. The van der Waals surface area contributed by atoms with E-state index in [1.807, 2.05) is 77.9 Å². The van der Waals surface area contributed by atoms with Crippen LogP contribution in [0.2, 0.25) is 0 Å². The number of carbonyl (C=O) groups excluding carboxylic acids is 2. The number of carbonyl (C=O) groups is 2. The third-order valence-electron chi connectivity index (χ3n) is 5.05. The Labute approximate surface area is 176 Å². The van der Waals surface area contributed by atoms with Crippen LogP contribution in [-0.2, 0) is 9.53 Å². The highest BCUT2D eigenvalue weighted by atomic mass is 16.5. The van der Waals surface area contributed by atoms with Gasteiger partial charge in [0.25, 0.3) is 5.91 Å². The van der Waals surface area contributed by atoms with E-state index in [1.54, 1.807) is 4.68 Å².